The van der Waals surface area contributed by atoms with Crippen LogP contribution >= 0.6 is 31.9 Å². The Labute approximate surface area is 194 Å². The molecule has 4 rings (SSSR count). The maximum Gasteiger partial charge on any atom is 0.311 e. The monoisotopic (exact) mass is 539 g/mol. The average molecular weight is 541 g/mol. The highest BCUT2D eigenvalue weighted by Gasteiger charge is 2.66. The number of carbonyl (C=O) groups excluding carboxylic acids is 3. The summed E-state index contributed by atoms with van der Waals surface area (Å²) in [4.78, 5) is 40.0. The van der Waals surface area contributed by atoms with Crippen molar-refractivity contribution < 1.29 is 19.1 Å². The van der Waals surface area contributed by atoms with Crippen LogP contribution in [0.5, 0.6) is 5.75 Å². The molecule has 0 spiro atoms. The van der Waals surface area contributed by atoms with E-state index in [-0.39, 0.29) is 51.1 Å². The van der Waals surface area contributed by atoms with Crippen molar-refractivity contribution in [1.82, 2.24) is 0 Å². The summed E-state index contributed by atoms with van der Waals surface area (Å²) in [6, 6.07) is 6.71. The molecular weight excluding hydrogens is 514 g/mol. The number of halogens is 2. The summed E-state index contributed by atoms with van der Waals surface area (Å²) in [6.45, 7) is 2.16. The molecule has 1 aromatic rings. The number of imide groups is 1. The summed E-state index contributed by atoms with van der Waals surface area (Å²) in [5, 5.41) is 0. The molecule has 6 atom stereocenters. The molecule has 2 bridgehead atoms. The lowest BCUT2D eigenvalue weighted by atomic mass is 9.81. The lowest BCUT2D eigenvalue weighted by Crippen LogP contribution is -2.37. The normalized spacial score (nSPS) is 32.0. The SMILES string of the molecule is CCCCCCCC(=O)Oc1ccc(N2C(=O)[C@@H]3[C@H]4C[C@H]([C@H](Br)[C@@H]4Br)[C@@H]3C2=O)cc1. The van der Waals surface area contributed by atoms with Crippen LogP contribution in [-0.4, -0.2) is 27.4 Å². The standard InChI is InChI=1S/C23H27Br2NO4/c1-2-3-4-5-6-7-17(27)30-14-10-8-13(9-11-14)26-22(28)18-15-12-16(19(18)23(26)29)21(25)20(15)24/h8-11,15-16,18-21H,2-7,12H2,1H3/t15-,16+,18-,19+,20-,21+. The fourth-order valence-corrected chi connectivity index (χ4v) is 7.20. The smallest absolute Gasteiger partial charge is 0.311 e. The lowest BCUT2D eigenvalue weighted by Gasteiger charge is -2.28. The molecule has 1 aromatic carbocycles. The Morgan fingerprint density at radius 1 is 0.967 bits per heavy atom. The summed E-state index contributed by atoms with van der Waals surface area (Å²) in [6.07, 6.45) is 6.71. The van der Waals surface area contributed by atoms with Gasteiger partial charge < -0.3 is 4.74 Å². The van der Waals surface area contributed by atoms with Gasteiger partial charge in [0.25, 0.3) is 0 Å². The Hall–Kier alpha value is -1.21. The third kappa shape index (κ3) is 3.88. The van der Waals surface area contributed by atoms with Crippen molar-refractivity contribution >= 4 is 55.3 Å². The minimum Gasteiger partial charge on any atom is -0.427 e. The van der Waals surface area contributed by atoms with Crippen LogP contribution in [0.1, 0.15) is 51.9 Å². The molecule has 1 aliphatic heterocycles. The molecule has 3 aliphatic rings. The number of esters is 1. The van der Waals surface area contributed by atoms with E-state index in [4.69, 9.17) is 4.74 Å². The first-order chi connectivity index (χ1) is 14.4. The van der Waals surface area contributed by atoms with Crippen LogP contribution in [0.4, 0.5) is 5.69 Å². The van der Waals surface area contributed by atoms with Crippen LogP contribution in [0.15, 0.2) is 24.3 Å². The van der Waals surface area contributed by atoms with E-state index in [0.717, 1.165) is 25.7 Å². The molecule has 0 N–H and O–H groups in total. The Kier molecular flexibility index (Phi) is 6.68. The molecule has 1 heterocycles. The zero-order valence-electron chi connectivity index (χ0n) is 17.1. The Morgan fingerprint density at radius 3 is 2.10 bits per heavy atom. The summed E-state index contributed by atoms with van der Waals surface area (Å²) in [7, 11) is 0. The van der Waals surface area contributed by atoms with E-state index in [0.29, 0.717) is 17.9 Å². The van der Waals surface area contributed by atoms with Gasteiger partial charge in [-0.15, -0.1) is 0 Å². The summed E-state index contributed by atoms with van der Waals surface area (Å²) in [5.74, 6) is -0.0667. The maximum absolute atomic E-state index is 13.1. The number of alkyl halides is 2. The molecule has 7 heteroatoms. The summed E-state index contributed by atoms with van der Waals surface area (Å²) in [5.41, 5.74) is 0.551. The molecule has 0 unspecified atom stereocenters. The zero-order valence-corrected chi connectivity index (χ0v) is 20.2. The highest BCUT2D eigenvalue weighted by atomic mass is 79.9. The molecule has 2 aliphatic carbocycles. The topological polar surface area (TPSA) is 63.7 Å². The number of hydrogen-bond donors (Lipinski definition) is 0. The second-order valence-electron chi connectivity index (χ2n) is 8.65. The second kappa shape index (κ2) is 9.11. The van der Waals surface area contributed by atoms with Crippen molar-refractivity contribution in [2.75, 3.05) is 4.90 Å². The predicted molar refractivity (Wildman–Crippen MR) is 122 cm³/mol. The Morgan fingerprint density at radius 2 is 1.53 bits per heavy atom. The molecular formula is C23H27Br2NO4. The molecule has 2 saturated carbocycles. The minimum atomic E-state index is -0.245. The number of nitrogens with zero attached hydrogens (tertiary/aromatic N) is 1. The molecule has 1 saturated heterocycles. The number of hydrogen-bond acceptors (Lipinski definition) is 4. The maximum atomic E-state index is 13.1. The molecule has 3 fully saturated rings. The summed E-state index contributed by atoms with van der Waals surface area (Å²) < 4.78 is 5.40. The Bertz CT molecular complexity index is 795. The lowest BCUT2D eigenvalue weighted by molar-refractivity contribution is -0.134. The molecule has 2 amide bonds. The van der Waals surface area contributed by atoms with Gasteiger partial charge in [-0.2, -0.15) is 0 Å². The number of anilines is 1. The van der Waals surface area contributed by atoms with E-state index in [1.807, 2.05) is 0 Å². The minimum absolute atomic E-state index is 0.0989. The number of amides is 2. The van der Waals surface area contributed by atoms with Gasteiger partial charge in [0.15, 0.2) is 0 Å². The molecule has 5 nitrogen and oxygen atoms in total. The van der Waals surface area contributed by atoms with Gasteiger partial charge >= 0.3 is 5.97 Å². The predicted octanol–water partition coefficient (Wildman–Crippen LogP) is 5.23. The zero-order chi connectivity index (χ0) is 21.4. The second-order valence-corrected chi connectivity index (χ2v) is 10.8. The van der Waals surface area contributed by atoms with Crippen molar-refractivity contribution in [1.29, 1.82) is 0 Å². The third-order valence-electron chi connectivity index (χ3n) is 6.80. The number of ether oxygens (including phenoxy) is 1. The van der Waals surface area contributed by atoms with Crippen molar-refractivity contribution in [2.45, 2.75) is 61.5 Å². The van der Waals surface area contributed by atoms with Crippen LogP contribution in [0.2, 0.25) is 0 Å². The average Bonchev–Trinajstić information content (AvgIpc) is 3.33. The number of benzene rings is 1. The molecule has 162 valence electrons. The van der Waals surface area contributed by atoms with Crippen molar-refractivity contribution in [3.05, 3.63) is 24.3 Å². The fraction of sp³-hybridized carbons (Fsp3) is 0.609. The van der Waals surface area contributed by atoms with E-state index in [2.05, 4.69) is 38.8 Å². The van der Waals surface area contributed by atoms with Crippen LogP contribution in [0, 0.1) is 23.7 Å². The largest absolute Gasteiger partial charge is 0.427 e. The molecule has 0 radical (unpaired) electrons. The highest BCUT2D eigenvalue weighted by molar-refractivity contribution is 9.12. The van der Waals surface area contributed by atoms with Crippen LogP contribution in [0.25, 0.3) is 0 Å². The summed E-state index contributed by atoms with van der Waals surface area (Å²) >= 11 is 7.41. The first-order valence-electron chi connectivity index (χ1n) is 10.9. The van der Waals surface area contributed by atoms with Gasteiger partial charge in [-0.3, -0.25) is 19.3 Å². The van der Waals surface area contributed by atoms with Gasteiger partial charge in [0.1, 0.15) is 5.75 Å². The van der Waals surface area contributed by atoms with Gasteiger partial charge in [0.05, 0.1) is 17.5 Å². The fourth-order valence-electron chi connectivity index (χ4n) is 5.32. The van der Waals surface area contributed by atoms with Crippen molar-refractivity contribution in [3.63, 3.8) is 0 Å². The van der Waals surface area contributed by atoms with E-state index in [1.165, 1.54) is 17.7 Å². The van der Waals surface area contributed by atoms with Crippen LogP contribution < -0.4 is 9.64 Å². The third-order valence-corrected chi connectivity index (χ3v) is 10.0. The quantitative estimate of drug-likeness (QED) is 0.149. The highest BCUT2D eigenvalue weighted by Crippen LogP contribution is 2.60. The number of carbonyl (C=O) groups is 3. The first-order valence-corrected chi connectivity index (χ1v) is 12.7. The van der Waals surface area contributed by atoms with Gasteiger partial charge in [0.2, 0.25) is 11.8 Å². The van der Waals surface area contributed by atoms with E-state index >= 15 is 0 Å². The van der Waals surface area contributed by atoms with Crippen LogP contribution in [0.3, 0.4) is 0 Å². The number of unbranched alkanes of at least 4 members (excludes halogenated alkanes) is 4. The van der Waals surface area contributed by atoms with Crippen molar-refractivity contribution in [2.24, 2.45) is 23.7 Å². The van der Waals surface area contributed by atoms with E-state index < -0.39 is 0 Å². The van der Waals surface area contributed by atoms with E-state index in [9.17, 15) is 14.4 Å². The number of rotatable bonds is 8. The van der Waals surface area contributed by atoms with Gasteiger partial charge in [-0.1, -0.05) is 64.5 Å². The molecule has 0 aromatic heterocycles. The van der Waals surface area contributed by atoms with Gasteiger partial charge in [-0.25, -0.2) is 0 Å². The van der Waals surface area contributed by atoms with Gasteiger partial charge in [-0.05, 0) is 48.9 Å². The number of fused-ring (bicyclic) bond motifs is 5. The van der Waals surface area contributed by atoms with Crippen molar-refractivity contribution in [3.8, 4) is 5.75 Å². The first kappa shape index (κ1) is 22.0. The van der Waals surface area contributed by atoms with Gasteiger partial charge in [0, 0.05) is 16.1 Å². The molecule has 30 heavy (non-hydrogen) atoms. The van der Waals surface area contributed by atoms with E-state index in [1.54, 1.807) is 24.3 Å². The van der Waals surface area contributed by atoms with Crippen LogP contribution in [-0.2, 0) is 14.4 Å². The Balaban J connectivity index is 1.37.